The molecule has 3 heteroatoms. The zero-order valence-corrected chi connectivity index (χ0v) is 11.4. The van der Waals surface area contributed by atoms with Crippen LogP contribution in [0.15, 0.2) is 33.2 Å². The van der Waals surface area contributed by atoms with E-state index in [1.165, 1.54) is 5.56 Å². The van der Waals surface area contributed by atoms with E-state index in [-0.39, 0.29) is 0 Å². The molecule has 0 amide bonds. The smallest absolute Gasteiger partial charge is 0.0221 e. The Balaban J connectivity index is 2.81. The lowest BCUT2D eigenvalue weighted by Crippen LogP contribution is -2.17. The molecule has 1 atom stereocenters. The molecule has 14 heavy (non-hydrogen) atoms. The molecule has 0 saturated carbocycles. The average Bonchev–Trinajstić information content (AvgIpc) is 2.12. The van der Waals surface area contributed by atoms with Crippen molar-refractivity contribution < 1.29 is 0 Å². The third kappa shape index (κ3) is 3.95. The van der Waals surface area contributed by atoms with Crippen molar-refractivity contribution >= 4 is 37.9 Å². The topological polar surface area (TPSA) is 12.0 Å². The molecule has 1 nitrogen and oxygen atoms in total. The standard InChI is InChI=1S/C11H13Br2N/c1-8(14-2)3-4-9-5-10(12)7-11(13)6-9/h3-8,14H,1-2H3/b4-3+. The van der Waals surface area contributed by atoms with Crippen molar-refractivity contribution in [3.05, 3.63) is 38.8 Å². The van der Waals surface area contributed by atoms with E-state index in [1.54, 1.807) is 0 Å². The number of rotatable bonds is 3. The molecule has 76 valence electrons. The molecule has 0 aliphatic rings. The van der Waals surface area contributed by atoms with E-state index in [0.717, 1.165) is 8.95 Å². The Labute approximate surface area is 102 Å². The normalized spacial score (nSPS) is 13.4. The van der Waals surface area contributed by atoms with E-state index >= 15 is 0 Å². The van der Waals surface area contributed by atoms with E-state index in [4.69, 9.17) is 0 Å². The molecule has 0 fully saturated rings. The molecular weight excluding hydrogens is 306 g/mol. The highest BCUT2D eigenvalue weighted by atomic mass is 79.9. The van der Waals surface area contributed by atoms with Crippen molar-refractivity contribution in [2.45, 2.75) is 13.0 Å². The monoisotopic (exact) mass is 317 g/mol. The van der Waals surface area contributed by atoms with E-state index < -0.39 is 0 Å². The minimum absolute atomic E-state index is 0.396. The maximum atomic E-state index is 3.46. The Kier molecular flexibility index (Phi) is 4.85. The molecule has 1 unspecified atom stereocenters. The summed E-state index contributed by atoms with van der Waals surface area (Å²) >= 11 is 6.92. The first kappa shape index (κ1) is 12.0. The predicted molar refractivity (Wildman–Crippen MR) is 69.4 cm³/mol. The SMILES string of the molecule is CNC(C)/C=C/c1cc(Br)cc(Br)c1. The molecule has 1 N–H and O–H groups in total. The Hall–Kier alpha value is -0.120. The van der Waals surface area contributed by atoms with Gasteiger partial charge in [-0.2, -0.15) is 0 Å². The fourth-order valence-corrected chi connectivity index (χ4v) is 2.35. The molecule has 1 rings (SSSR count). The first-order valence-electron chi connectivity index (χ1n) is 4.43. The van der Waals surface area contributed by atoms with Crippen LogP contribution in [0, 0.1) is 0 Å². The van der Waals surface area contributed by atoms with Gasteiger partial charge in [-0.05, 0) is 37.7 Å². The lowest BCUT2D eigenvalue weighted by Gasteiger charge is -2.03. The summed E-state index contributed by atoms with van der Waals surface area (Å²) in [5, 5.41) is 3.15. The highest BCUT2D eigenvalue weighted by Crippen LogP contribution is 2.20. The summed E-state index contributed by atoms with van der Waals surface area (Å²) in [7, 11) is 1.95. The lowest BCUT2D eigenvalue weighted by molar-refractivity contribution is 0.731. The van der Waals surface area contributed by atoms with Crippen LogP contribution in [0.1, 0.15) is 12.5 Å². The molecule has 0 aliphatic heterocycles. The number of hydrogen-bond donors (Lipinski definition) is 1. The van der Waals surface area contributed by atoms with Gasteiger partial charge in [0.15, 0.2) is 0 Å². The van der Waals surface area contributed by atoms with Gasteiger partial charge >= 0.3 is 0 Å². The minimum Gasteiger partial charge on any atom is -0.314 e. The quantitative estimate of drug-likeness (QED) is 0.893. The van der Waals surface area contributed by atoms with Gasteiger partial charge in [-0.1, -0.05) is 44.0 Å². The Morgan fingerprint density at radius 1 is 1.21 bits per heavy atom. The van der Waals surface area contributed by atoms with Gasteiger partial charge in [-0.15, -0.1) is 0 Å². The Morgan fingerprint density at radius 3 is 2.29 bits per heavy atom. The summed E-state index contributed by atoms with van der Waals surface area (Å²) in [5.74, 6) is 0. The maximum Gasteiger partial charge on any atom is 0.0221 e. The second-order valence-corrected chi connectivity index (χ2v) is 4.97. The van der Waals surface area contributed by atoms with Crippen molar-refractivity contribution in [1.82, 2.24) is 5.32 Å². The van der Waals surface area contributed by atoms with Gasteiger partial charge in [0.25, 0.3) is 0 Å². The van der Waals surface area contributed by atoms with Crippen LogP contribution in [-0.2, 0) is 0 Å². The van der Waals surface area contributed by atoms with Gasteiger partial charge in [0, 0.05) is 15.0 Å². The predicted octanol–water partition coefficient (Wildman–Crippen LogP) is 3.83. The molecule has 0 spiro atoms. The number of likely N-dealkylation sites (N-methyl/N-ethyl adjacent to an activating group) is 1. The molecule has 0 radical (unpaired) electrons. The van der Waals surface area contributed by atoms with E-state index in [0.29, 0.717) is 6.04 Å². The highest BCUT2D eigenvalue weighted by molar-refractivity contribution is 9.11. The van der Waals surface area contributed by atoms with Crippen LogP contribution in [0.3, 0.4) is 0 Å². The third-order valence-corrected chi connectivity index (χ3v) is 2.83. The molecule has 0 heterocycles. The van der Waals surface area contributed by atoms with Gasteiger partial charge in [-0.3, -0.25) is 0 Å². The summed E-state index contributed by atoms with van der Waals surface area (Å²) < 4.78 is 2.17. The molecule has 1 aromatic carbocycles. The molecule has 0 saturated heterocycles. The summed E-state index contributed by atoms with van der Waals surface area (Å²) in [5.41, 5.74) is 1.19. The molecule has 0 aromatic heterocycles. The second-order valence-electron chi connectivity index (χ2n) is 3.14. The first-order chi connectivity index (χ1) is 6.61. The van der Waals surface area contributed by atoms with Gasteiger partial charge in [0.1, 0.15) is 0 Å². The zero-order chi connectivity index (χ0) is 10.6. The molecular formula is C11H13Br2N. The van der Waals surface area contributed by atoms with Gasteiger partial charge in [-0.25, -0.2) is 0 Å². The van der Waals surface area contributed by atoms with Gasteiger partial charge in [0.05, 0.1) is 0 Å². The van der Waals surface area contributed by atoms with Gasteiger partial charge in [0.2, 0.25) is 0 Å². The molecule has 0 bridgehead atoms. The van der Waals surface area contributed by atoms with E-state index in [1.807, 2.05) is 13.1 Å². The summed E-state index contributed by atoms with van der Waals surface area (Å²) in [6.45, 7) is 2.11. The minimum atomic E-state index is 0.396. The third-order valence-electron chi connectivity index (χ3n) is 1.92. The van der Waals surface area contributed by atoms with Crippen molar-refractivity contribution in [3.8, 4) is 0 Å². The van der Waals surface area contributed by atoms with E-state index in [9.17, 15) is 0 Å². The van der Waals surface area contributed by atoms with Crippen LogP contribution < -0.4 is 5.32 Å². The highest BCUT2D eigenvalue weighted by Gasteiger charge is 1.95. The van der Waals surface area contributed by atoms with Crippen LogP contribution in [0.5, 0.6) is 0 Å². The van der Waals surface area contributed by atoms with Crippen LogP contribution in [0.2, 0.25) is 0 Å². The Morgan fingerprint density at radius 2 is 1.79 bits per heavy atom. The number of nitrogens with one attached hydrogen (secondary N) is 1. The van der Waals surface area contributed by atoms with Crippen molar-refractivity contribution in [2.24, 2.45) is 0 Å². The molecule has 0 aliphatic carbocycles. The second kappa shape index (κ2) is 5.69. The van der Waals surface area contributed by atoms with Crippen LogP contribution >= 0.6 is 31.9 Å². The number of benzene rings is 1. The van der Waals surface area contributed by atoms with Crippen molar-refractivity contribution in [2.75, 3.05) is 7.05 Å². The largest absolute Gasteiger partial charge is 0.314 e. The molecule has 1 aromatic rings. The number of hydrogen-bond acceptors (Lipinski definition) is 1. The zero-order valence-electron chi connectivity index (χ0n) is 8.22. The van der Waals surface area contributed by atoms with E-state index in [2.05, 4.69) is 68.4 Å². The van der Waals surface area contributed by atoms with Gasteiger partial charge < -0.3 is 5.32 Å². The lowest BCUT2D eigenvalue weighted by atomic mass is 10.2. The fourth-order valence-electron chi connectivity index (χ4n) is 1.02. The van der Waals surface area contributed by atoms with Crippen LogP contribution in [-0.4, -0.2) is 13.1 Å². The van der Waals surface area contributed by atoms with Crippen molar-refractivity contribution in [1.29, 1.82) is 0 Å². The van der Waals surface area contributed by atoms with Crippen LogP contribution in [0.4, 0.5) is 0 Å². The Bertz CT molecular complexity index is 314. The fraction of sp³-hybridized carbons (Fsp3) is 0.273. The van der Waals surface area contributed by atoms with Crippen LogP contribution in [0.25, 0.3) is 6.08 Å². The summed E-state index contributed by atoms with van der Waals surface area (Å²) in [6, 6.07) is 6.60. The number of halogens is 2. The summed E-state index contributed by atoms with van der Waals surface area (Å²) in [6.07, 6.45) is 4.24. The average molecular weight is 319 g/mol. The van der Waals surface area contributed by atoms with Crippen molar-refractivity contribution in [3.63, 3.8) is 0 Å². The first-order valence-corrected chi connectivity index (χ1v) is 6.02. The maximum absolute atomic E-state index is 3.46. The summed E-state index contributed by atoms with van der Waals surface area (Å²) in [4.78, 5) is 0.